The summed E-state index contributed by atoms with van der Waals surface area (Å²) in [5.74, 6) is -0.106. The fourth-order valence-electron chi connectivity index (χ4n) is 1.99. The summed E-state index contributed by atoms with van der Waals surface area (Å²) in [7, 11) is 0. The minimum atomic E-state index is -2.58. The summed E-state index contributed by atoms with van der Waals surface area (Å²) in [6, 6.07) is -1.14. The van der Waals surface area contributed by atoms with Gasteiger partial charge in [0.1, 0.15) is 18.2 Å². The first kappa shape index (κ1) is 13.5. The maximum absolute atomic E-state index is 12.7. The SMILES string of the molecule is CCOC(=O)c1cnn2cc3c(nc12)NC(C(F)F)CO3. The van der Waals surface area contributed by atoms with Crippen LogP contribution in [0.1, 0.15) is 17.3 Å². The molecule has 1 aliphatic heterocycles. The van der Waals surface area contributed by atoms with Crippen LogP contribution >= 0.6 is 0 Å². The van der Waals surface area contributed by atoms with Gasteiger partial charge in [-0.2, -0.15) is 5.10 Å². The molecule has 7 nitrogen and oxygen atoms in total. The van der Waals surface area contributed by atoms with Crippen molar-refractivity contribution >= 4 is 17.4 Å². The average Bonchev–Trinajstić information content (AvgIpc) is 2.87. The van der Waals surface area contributed by atoms with Gasteiger partial charge in [-0.15, -0.1) is 0 Å². The lowest BCUT2D eigenvalue weighted by molar-refractivity contribution is 0.0528. The molecule has 112 valence electrons. The number of esters is 1. The summed E-state index contributed by atoms with van der Waals surface area (Å²) < 4.78 is 36.9. The van der Waals surface area contributed by atoms with Crippen LogP contribution in [0.3, 0.4) is 0 Å². The molecule has 1 N–H and O–H groups in total. The number of hydrogen-bond donors (Lipinski definition) is 1. The van der Waals surface area contributed by atoms with E-state index >= 15 is 0 Å². The number of aromatic nitrogens is 3. The quantitative estimate of drug-likeness (QED) is 0.862. The number of carbonyl (C=O) groups is 1. The third kappa shape index (κ3) is 2.34. The van der Waals surface area contributed by atoms with E-state index in [1.807, 2.05) is 0 Å². The Morgan fingerprint density at radius 3 is 3.19 bits per heavy atom. The van der Waals surface area contributed by atoms with Crippen LogP contribution in [0, 0.1) is 0 Å². The van der Waals surface area contributed by atoms with Crippen molar-refractivity contribution in [2.75, 3.05) is 18.5 Å². The highest BCUT2D eigenvalue weighted by Gasteiger charge is 2.29. The Kier molecular flexibility index (Phi) is 3.32. The van der Waals surface area contributed by atoms with Crippen molar-refractivity contribution < 1.29 is 23.0 Å². The summed E-state index contributed by atoms with van der Waals surface area (Å²) in [5.41, 5.74) is 0.388. The minimum absolute atomic E-state index is 0.157. The largest absolute Gasteiger partial charge is 0.486 e. The second kappa shape index (κ2) is 5.15. The fraction of sp³-hybridized carbons (Fsp3) is 0.417. The number of rotatable bonds is 3. The zero-order chi connectivity index (χ0) is 15.0. The number of hydrogen-bond acceptors (Lipinski definition) is 6. The minimum Gasteiger partial charge on any atom is -0.486 e. The Labute approximate surface area is 117 Å². The molecule has 1 aliphatic rings. The predicted octanol–water partition coefficient (Wildman–Crippen LogP) is 1.34. The second-order valence-electron chi connectivity index (χ2n) is 4.40. The Morgan fingerprint density at radius 1 is 1.67 bits per heavy atom. The van der Waals surface area contributed by atoms with Gasteiger partial charge in [0.05, 0.1) is 19.0 Å². The molecule has 0 spiro atoms. The zero-order valence-corrected chi connectivity index (χ0v) is 11.0. The molecule has 0 aliphatic carbocycles. The van der Waals surface area contributed by atoms with Crippen LogP contribution in [0.4, 0.5) is 14.6 Å². The third-order valence-corrected chi connectivity index (χ3v) is 3.00. The first-order valence-electron chi connectivity index (χ1n) is 6.33. The molecular formula is C12H12F2N4O3. The molecule has 0 saturated heterocycles. The van der Waals surface area contributed by atoms with Crippen LogP contribution < -0.4 is 10.1 Å². The van der Waals surface area contributed by atoms with E-state index in [2.05, 4.69) is 15.4 Å². The lowest BCUT2D eigenvalue weighted by Gasteiger charge is -2.25. The van der Waals surface area contributed by atoms with Gasteiger partial charge in [0.25, 0.3) is 6.43 Å². The van der Waals surface area contributed by atoms with Crippen LogP contribution in [-0.2, 0) is 4.74 Å². The van der Waals surface area contributed by atoms with Gasteiger partial charge in [0.15, 0.2) is 17.2 Å². The van der Waals surface area contributed by atoms with Crippen LogP contribution in [0.15, 0.2) is 12.4 Å². The number of carbonyl (C=O) groups excluding carboxylic acids is 1. The van der Waals surface area contributed by atoms with Gasteiger partial charge >= 0.3 is 5.97 Å². The molecular weight excluding hydrogens is 286 g/mol. The van der Waals surface area contributed by atoms with Crippen molar-refractivity contribution in [3.05, 3.63) is 18.0 Å². The topological polar surface area (TPSA) is 77.8 Å². The molecule has 0 saturated carbocycles. The fourth-order valence-corrected chi connectivity index (χ4v) is 1.99. The molecule has 2 aromatic rings. The van der Waals surface area contributed by atoms with E-state index in [1.165, 1.54) is 16.9 Å². The van der Waals surface area contributed by atoms with Crippen LogP contribution in [0.2, 0.25) is 0 Å². The maximum atomic E-state index is 12.7. The van der Waals surface area contributed by atoms with E-state index in [0.29, 0.717) is 5.75 Å². The Bertz CT molecular complexity index is 688. The number of fused-ring (bicyclic) bond motifs is 2. The predicted molar refractivity (Wildman–Crippen MR) is 67.9 cm³/mol. The van der Waals surface area contributed by atoms with Gasteiger partial charge in [0, 0.05) is 0 Å². The zero-order valence-electron chi connectivity index (χ0n) is 11.0. The number of nitrogens with zero attached hydrogens (tertiary/aromatic N) is 3. The second-order valence-corrected chi connectivity index (χ2v) is 4.40. The Balaban J connectivity index is 2.01. The van der Waals surface area contributed by atoms with Gasteiger partial charge in [-0.1, -0.05) is 0 Å². The highest BCUT2D eigenvalue weighted by atomic mass is 19.3. The van der Waals surface area contributed by atoms with E-state index in [0.717, 1.165) is 0 Å². The summed E-state index contributed by atoms with van der Waals surface area (Å²) in [6.45, 7) is 1.74. The van der Waals surface area contributed by atoms with E-state index < -0.39 is 18.4 Å². The van der Waals surface area contributed by atoms with Gasteiger partial charge in [-0.3, -0.25) is 0 Å². The molecule has 21 heavy (non-hydrogen) atoms. The molecule has 1 atom stereocenters. The molecule has 0 aromatic carbocycles. The third-order valence-electron chi connectivity index (χ3n) is 3.00. The summed E-state index contributed by atoms with van der Waals surface area (Å²) in [4.78, 5) is 15.9. The van der Waals surface area contributed by atoms with Crippen LogP contribution in [0.25, 0.3) is 5.65 Å². The van der Waals surface area contributed by atoms with Crippen molar-refractivity contribution in [2.45, 2.75) is 19.4 Å². The van der Waals surface area contributed by atoms with Crippen molar-refractivity contribution in [1.82, 2.24) is 14.6 Å². The first-order valence-corrected chi connectivity index (χ1v) is 6.33. The number of nitrogens with one attached hydrogen (secondary N) is 1. The molecule has 0 radical (unpaired) electrons. The van der Waals surface area contributed by atoms with E-state index in [1.54, 1.807) is 6.92 Å². The lowest BCUT2D eigenvalue weighted by atomic mass is 10.3. The molecule has 2 aromatic heterocycles. The number of halogens is 2. The van der Waals surface area contributed by atoms with Gasteiger partial charge < -0.3 is 14.8 Å². The lowest BCUT2D eigenvalue weighted by Crippen LogP contribution is -2.38. The van der Waals surface area contributed by atoms with E-state index in [-0.39, 0.29) is 30.2 Å². The molecule has 3 heterocycles. The first-order chi connectivity index (χ1) is 10.1. The summed E-state index contributed by atoms with van der Waals surface area (Å²) in [5, 5.41) is 6.58. The van der Waals surface area contributed by atoms with Crippen molar-refractivity contribution in [3.8, 4) is 5.75 Å². The molecule has 3 rings (SSSR count). The normalized spacial score (nSPS) is 17.2. The number of anilines is 1. The smallest absolute Gasteiger partial charge is 0.343 e. The number of ether oxygens (including phenoxy) is 2. The van der Waals surface area contributed by atoms with E-state index in [9.17, 15) is 13.6 Å². The Morgan fingerprint density at radius 2 is 2.48 bits per heavy atom. The number of alkyl halides is 2. The van der Waals surface area contributed by atoms with Crippen LogP contribution in [-0.4, -0.2) is 46.2 Å². The van der Waals surface area contributed by atoms with Crippen LogP contribution in [0.5, 0.6) is 5.75 Å². The summed E-state index contributed by atoms with van der Waals surface area (Å²) in [6.07, 6.45) is 0.219. The van der Waals surface area contributed by atoms with Crippen molar-refractivity contribution in [3.63, 3.8) is 0 Å². The van der Waals surface area contributed by atoms with Gasteiger partial charge in [-0.25, -0.2) is 23.1 Å². The van der Waals surface area contributed by atoms with Gasteiger partial charge in [-0.05, 0) is 6.92 Å². The van der Waals surface area contributed by atoms with E-state index in [4.69, 9.17) is 9.47 Å². The molecule has 0 bridgehead atoms. The van der Waals surface area contributed by atoms with Gasteiger partial charge in [0.2, 0.25) is 0 Å². The maximum Gasteiger partial charge on any atom is 0.343 e. The van der Waals surface area contributed by atoms with Crippen molar-refractivity contribution in [2.24, 2.45) is 0 Å². The average molecular weight is 298 g/mol. The molecule has 0 amide bonds. The molecule has 9 heteroatoms. The van der Waals surface area contributed by atoms with Crippen molar-refractivity contribution in [1.29, 1.82) is 0 Å². The highest BCUT2D eigenvalue weighted by Crippen LogP contribution is 2.29. The monoisotopic (exact) mass is 298 g/mol. The molecule has 1 unspecified atom stereocenters. The Hall–Kier alpha value is -2.45. The standard InChI is InChI=1S/C12H12F2N4O3/c1-2-20-12(19)6-3-15-18-4-8-10(17-11(6)18)16-7(5-21-8)9(13)14/h3-4,7,9H,2,5H2,1H3,(H,16,17). The molecule has 0 fully saturated rings. The summed E-state index contributed by atoms with van der Waals surface area (Å²) >= 11 is 0. The highest BCUT2D eigenvalue weighted by molar-refractivity contribution is 5.95.